The summed E-state index contributed by atoms with van der Waals surface area (Å²) in [5, 5.41) is 0. The van der Waals surface area contributed by atoms with Crippen LogP contribution in [0.1, 0.15) is 20.8 Å². The molecule has 0 spiro atoms. The zero-order chi connectivity index (χ0) is 12.7. The lowest BCUT2D eigenvalue weighted by Gasteiger charge is -2.12. The summed E-state index contributed by atoms with van der Waals surface area (Å²) in [5.74, 6) is 0. The highest BCUT2D eigenvalue weighted by molar-refractivity contribution is 8.07. The van der Waals surface area contributed by atoms with Crippen LogP contribution in [0.5, 0.6) is 0 Å². The molecular weight excluding hydrogens is 224 g/mol. The summed E-state index contributed by atoms with van der Waals surface area (Å²) in [6.45, 7) is 10.4. The summed E-state index contributed by atoms with van der Waals surface area (Å²) >= 11 is 1.69. The zero-order valence-corrected chi connectivity index (χ0v) is 11.6. The highest BCUT2D eigenvalue weighted by Gasteiger charge is 2.10. The maximum atomic E-state index is 4.03. The summed E-state index contributed by atoms with van der Waals surface area (Å²) in [6.07, 6.45) is 18.9. The maximum absolute atomic E-state index is 4.03. The van der Waals surface area contributed by atoms with Crippen molar-refractivity contribution >= 4 is 11.8 Å². The van der Waals surface area contributed by atoms with E-state index in [4.69, 9.17) is 0 Å². The molecule has 0 saturated heterocycles. The molecule has 90 valence electrons. The smallest absolute Gasteiger partial charge is 0.0119 e. The Kier molecular flexibility index (Phi) is 5.30. The quantitative estimate of drug-likeness (QED) is 0.596. The first kappa shape index (κ1) is 13.9. The Bertz CT molecular complexity index is 415. The molecule has 17 heavy (non-hydrogen) atoms. The maximum Gasteiger partial charge on any atom is 0.0119 e. The van der Waals surface area contributed by atoms with E-state index in [2.05, 4.69) is 50.8 Å². The molecule has 0 bridgehead atoms. The average molecular weight is 244 g/mol. The number of allylic oxidation sites excluding steroid dienone is 9. The molecule has 0 N–H and O–H groups in total. The molecular formula is C16H20S. The Hall–Kier alpha value is -1.21. The fourth-order valence-corrected chi connectivity index (χ4v) is 2.06. The van der Waals surface area contributed by atoms with Crippen LogP contribution >= 0.6 is 11.8 Å². The van der Waals surface area contributed by atoms with Crippen molar-refractivity contribution in [3.8, 4) is 0 Å². The van der Waals surface area contributed by atoms with Gasteiger partial charge in [0.1, 0.15) is 0 Å². The lowest BCUT2D eigenvalue weighted by atomic mass is 9.93. The molecule has 0 radical (unpaired) electrons. The van der Waals surface area contributed by atoms with E-state index < -0.39 is 0 Å². The Balaban J connectivity index is 2.62. The van der Waals surface area contributed by atoms with Gasteiger partial charge in [0.15, 0.2) is 0 Å². The van der Waals surface area contributed by atoms with Gasteiger partial charge in [0.2, 0.25) is 0 Å². The van der Waals surface area contributed by atoms with Gasteiger partial charge in [0.05, 0.1) is 0 Å². The van der Waals surface area contributed by atoms with Crippen LogP contribution in [0.2, 0.25) is 0 Å². The summed E-state index contributed by atoms with van der Waals surface area (Å²) < 4.78 is 0. The highest BCUT2D eigenvalue weighted by atomic mass is 32.2. The van der Waals surface area contributed by atoms with Crippen molar-refractivity contribution in [3.05, 3.63) is 71.1 Å². The van der Waals surface area contributed by atoms with Gasteiger partial charge in [-0.05, 0) is 19.1 Å². The van der Waals surface area contributed by atoms with Crippen molar-refractivity contribution < 1.29 is 0 Å². The van der Waals surface area contributed by atoms with Crippen LogP contribution in [0.25, 0.3) is 0 Å². The summed E-state index contributed by atoms with van der Waals surface area (Å²) in [5.41, 5.74) is 0.140. The summed E-state index contributed by atoms with van der Waals surface area (Å²) in [7, 11) is 0. The lowest BCUT2D eigenvalue weighted by Crippen LogP contribution is -2.00. The topological polar surface area (TPSA) is 0 Å². The van der Waals surface area contributed by atoms with Gasteiger partial charge in [-0.2, -0.15) is 0 Å². The van der Waals surface area contributed by atoms with Crippen molar-refractivity contribution in [2.75, 3.05) is 0 Å². The van der Waals surface area contributed by atoms with E-state index in [0.29, 0.717) is 0 Å². The minimum absolute atomic E-state index is 0.140. The van der Waals surface area contributed by atoms with E-state index in [0.717, 1.165) is 4.91 Å². The molecule has 0 saturated carbocycles. The minimum Gasteiger partial charge on any atom is -0.0907 e. The number of hydrogen-bond acceptors (Lipinski definition) is 1. The third-order valence-corrected chi connectivity index (χ3v) is 3.20. The van der Waals surface area contributed by atoms with Gasteiger partial charge in [-0.15, -0.1) is 0 Å². The van der Waals surface area contributed by atoms with Crippen molar-refractivity contribution in [3.63, 3.8) is 0 Å². The van der Waals surface area contributed by atoms with Gasteiger partial charge in [-0.25, -0.2) is 0 Å². The third kappa shape index (κ3) is 5.60. The second kappa shape index (κ2) is 6.51. The zero-order valence-electron chi connectivity index (χ0n) is 10.8. The van der Waals surface area contributed by atoms with Crippen LogP contribution in [0.4, 0.5) is 0 Å². The molecule has 0 atom stereocenters. The third-order valence-electron chi connectivity index (χ3n) is 2.30. The molecule has 0 unspecified atom stereocenters. The van der Waals surface area contributed by atoms with E-state index in [1.807, 2.05) is 31.2 Å². The molecule has 0 aromatic rings. The van der Waals surface area contributed by atoms with Gasteiger partial charge >= 0.3 is 0 Å². The summed E-state index contributed by atoms with van der Waals surface area (Å²) in [6, 6.07) is 0. The molecule has 0 fully saturated rings. The Morgan fingerprint density at radius 3 is 2.76 bits per heavy atom. The first-order valence-electron chi connectivity index (χ1n) is 5.78. The Morgan fingerprint density at radius 1 is 1.29 bits per heavy atom. The van der Waals surface area contributed by atoms with Gasteiger partial charge < -0.3 is 0 Å². The fraction of sp³-hybridized carbons (Fsp3) is 0.250. The first-order chi connectivity index (χ1) is 8.03. The average Bonchev–Trinajstić information content (AvgIpc) is 2.41. The molecule has 0 aromatic heterocycles. The number of rotatable bonds is 4. The molecule has 0 heterocycles. The molecule has 1 aliphatic rings. The van der Waals surface area contributed by atoms with Crippen LogP contribution in [-0.2, 0) is 0 Å². The van der Waals surface area contributed by atoms with Gasteiger partial charge in [0, 0.05) is 15.2 Å². The molecule has 1 aliphatic carbocycles. The van der Waals surface area contributed by atoms with Crippen LogP contribution in [0.3, 0.4) is 0 Å². The number of thioether (sulfide) groups is 1. The van der Waals surface area contributed by atoms with Crippen molar-refractivity contribution in [1.82, 2.24) is 0 Å². The highest BCUT2D eigenvalue weighted by Crippen LogP contribution is 2.30. The predicted octanol–water partition coefficient (Wildman–Crippen LogP) is 5.40. The largest absolute Gasteiger partial charge is 0.0907 e. The fourth-order valence-electron chi connectivity index (χ4n) is 1.33. The van der Waals surface area contributed by atoms with Crippen LogP contribution < -0.4 is 0 Å². The van der Waals surface area contributed by atoms with Gasteiger partial charge in [-0.3, -0.25) is 0 Å². The van der Waals surface area contributed by atoms with Crippen molar-refractivity contribution in [2.45, 2.75) is 20.8 Å². The monoisotopic (exact) mass is 244 g/mol. The number of hydrogen-bond donors (Lipinski definition) is 0. The van der Waals surface area contributed by atoms with Gasteiger partial charge in [0.25, 0.3) is 0 Å². The molecule has 0 amide bonds. The normalized spacial score (nSPS) is 18.6. The first-order valence-corrected chi connectivity index (χ1v) is 6.60. The molecule has 0 aliphatic heterocycles. The molecule has 1 heteroatoms. The second-order valence-corrected chi connectivity index (χ2v) is 5.74. The van der Waals surface area contributed by atoms with E-state index in [-0.39, 0.29) is 5.41 Å². The SMILES string of the molecule is C=C(C=CC=CC)SC1=CC=CC(C)(C)C=C1. The predicted molar refractivity (Wildman–Crippen MR) is 80.8 cm³/mol. The van der Waals surface area contributed by atoms with E-state index in [9.17, 15) is 0 Å². The van der Waals surface area contributed by atoms with E-state index >= 15 is 0 Å². The van der Waals surface area contributed by atoms with Crippen molar-refractivity contribution in [1.29, 1.82) is 0 Å². The Morgan fingerprint density at radius 2 is 2.06 bits per heavy atom. The second-order valence-electron chi connectivity index (χ2n) is 4.54. The molecule has 0 nitrogen and oxygen atoms in total. The minimum atomic E-state index is 0.140. The van der Waals surface area contributed by atoms with E-state index in [1.165, 1.54) is 4.91 Å². The summed E-state index contributed by atoms with van der Waals surface area (Å²) in [4.78, 5) is 2.27. The van der Waals surface area contributed by atoms with E-state index in [1.54, 1.807) is 11.8 Å². The van der Waals surface area contributed by atoms with Crippen LogP contribution in [0, 0.1) is 5.41 Å². The molecule has 0 aromatic carbocycles. The standard InChI is InChI=1S/C16H20S/c1-5-6-7-9-14(2)17-15-10-8-12-16(3,4)13-11-15/h5-13H,2H2,1,3-4H3. The Labute approximate surface area is 109 Å². The van der Waals surface area contributed by atoms with Crippen LogP contribution in [-0.4, -0.2) is 0 Å². The van der Waals surface area contributed by atoms with Gasteiger partial charge in [-0.1, -0.05) is 74.7 Å². The lowest BCUT2D eigenvalue weighted by molar-refractivity contribution is 0.627. The van der Waals surface area contributed by atoms with Crippen LogP contribution in [0.15, 0.2) is 71.1 Å². The molecule has 1 rings (SSSR count). The van der Waals surface area contributed by atoms with Crippen molar-refractivity contribution in [2.24, 2.45) is 5.41 Å².